The number of hydrogen-bond acceptors (Lipinski definition) is 6. The third-order valence-electron chi connectivity index (χ3n) is 7.80. The molecule has 1 saturated heterocycles. The zero-order valence-electron chi connectivity index (χ0n) is 21.3. The average Bonchev–Trinajstić information content (AvgIpc) is 3.35. The van der Waals surface area contributed by atoms with Crippen LogP contribution in [0.5, 0.6) is 0 Å². The lowest BCUT2D eigenvalue weighted by atomic mass is 9.94. The minimum Gasteiger partial charge on any atom is -0.369 e. The molecular formula is C29H32FN7O. The number of fused-ring (bicyclic) bond motifs is 1. The Morgan fingerprint density at radius 3 is 2.58 bits per heavy atom. The second kappa shape index (κ2) is 10.4. The summed E-state index contributed by atoms with van der Waals surface area (Å²) in [5.74, 6) is -0.874. The Balaban J connectivity index is 1.21. The molecular weight excluding hydrogens is 481 g/mol. The maximum absolute atomic E-state index is 14.9. The van der Waals surface area contributed by atoms with Crippen molar-refractivity contribution in [3.8, 4) is 5.82 Å². The van der Waals surface area contributed by atoms with Crippen LogP contribution in [0.3, 0.4) is 0 Å². The van der Waals surface area contributed by atoms with Crippen LogP contribution in [0.25, 0.3) is 16.7 Å². The van der Waals surface area contributed by atoms with Gasteiger partial charge in [-0.15, -0.1) is 0 Å². The van der Waals surface area contributed by atoms with E-state index in [1.807, 2.05) is 24.3 Å². The molecule has 8 nitrogen and oxygen atoms in total. The van der Waals surface area contributed by atoms with Crippen molar-refractivity contribution in [3.05, 3.63) is 72.3 Å². The number of nitrogens with zero attached hydrogens (tertiary/aromatic N) is 5. The maximum Gasteiger partial charge on any atom is 0.250 e. The van der Waals surface area contributed by atoms with E-state index in [1.54, 1.807) is 16.7 Å². The molecule has 2 aromatic carbocycles. The number of para-hydroxylation sites is 1. The molecule has 0 spiro atoms. The molecule has 1 aliphatic carbocycles. The Morgan fingerprint density at radius 2 is 1.79 bits per heavy atom. The Hall–Kier alpha value is -3.98. The van der Waals surface area contributed by atoms with Crippen molar-refractivity contribution < 1.29 is 9.18 Å². The number of carbonyl (C=O) groups is 1. The van der Waals surface area contributed by atoms with Crippen LogP contribution in [-0.4, -0.2) is 57.6 Å². The highest BCUT2D eigenvalue weighted by atomic mass is 19.1. The van der Waals surface area contributed by atoms with Crippen molar-refractivity contribution in [1.29, 1.82) is 0 Å². The first-order valence-corrected chi connectivity index (χ1v) is 13.4. The summed E-state index contributed by atoms with van der Waals surface area (Å²) < 4.78 is 16.4. The van der Waals surface area contributed by atoms with Gasteiger partial charge in [0.1, 0.15) is 0 Å². The molecule has 9 heteroatoms. The van der Waals surface area contributed by atoms with Gasteiger partial charge in [-0.3, -0.25) is 14.3 Å². The number of nitrogens with one attached hydrogen (secondary N) is 1. The van der Waals surface area contributed by atoms with E-state index in [-0.39, 0.29) is 11.8 Å². The Kier molecular flexibility index (Phi) is 6.68. The lowest BCUT2D eigenvalue weighted by molar-refractivity contribution is 0.100. The number of halogens is 1. The Bertz CT molecular complexity index is 1450. The van der Waals surface area contributed by atoms with Gasteiger partial charge in [0.2, 0.25) is 5.95 Å². The number of piperazine rings is 1. The number of hydrogen-bond donors (Lipinski definition) is 2. The smallest absolute Gasteiger partial charge is 0.250 e. The summed E-state index contributed by atoms with van der Waals surface area (Å²) in [7, 11) is 0. The molecule has 3 heterocycles. The zero-order chi connectivity index (χ0) is 26.1. The average molecular weight is 514 g/mol. The van der Waals surface area contributed by atoms with E-state index in [4.69, 9.17) is 5.73 Å². The van der Waals surface area contributed by atoms with Crippen LogP contribution < -0.4 is 16.0 Å². The van der Waals surface area contributed by atoms with E-state index in [2.05, 4.69) is 37.2 Å². The van der Waals surface area contributed by atoms with Gasteiger partial charge in [-0.25, -0.2) is 9.37 Å². The summed E-state index contributed by atoms with van der Waals surface area (Å²) in [6, 6.07) is 16.1. The molecule has 1 aliphatic heterocycles. The quantitative estimate of drug-likeness (QED) is 0.383. The fraction of sp³-hybridized carbons (Fsp3) is 0.345. The third-order valence-corrected chi connectivity index (χ3v) is 7.80. The van der Waals surface area contributed by atoms with Crippen LogP contribution in [0.1, 0.15) is 42.5 Å². The molecule has 1 saturated carbocycles. The molecule has 0 bridgehead atoms. The molecule has 38 heavy (non-hydrogen) atoms. The molecule has 3 N–H and O–H groups in total. The minimum atomic E-state index is -0.600. The second-order valence-corrected chi connectivity index (χ2v) is 10.1. The van der Waals surface area contributed by atoms with Crippen LogP contribution in [0.2, 0.25) is 0 Å². The molecule has 0 atom stereocenters. The fourth-order valence-corrected chi connectivity index (χ4v) is 5.84. The van der Waals surface area contributed by atoms with Crippen LogP contribution in [0.15, 0.2) is 60.9 Å². The maximum atomic E-state index is 14.9. The van der Waals surface area contributed by atoms with E-state index >= 15 is 0 Å². The highest BCUT2D eigenvalue weighted by molar-refractivity contribution is 6.06. The number of nitrogens with two attached hydrogens (primary N) is 1. The molecule has 2 aliphatic rings. The Morgan fingerprint density at radius 1 is 1.00 bits per heavy atom. The van der Waals surface area contributed by atoms with Gasteiger partial charge in [0, 0.05) is 55.2 Å². The molecule has 6 rings (SSSR count). The number of amides is 1. The van der Waals surface area contributed by atoms with Crippen molar-refractivity contribution in [2.45, 2.75) is 38.1 Å². The zero-order valence-corrected chi connectivity index (χ0v) is 21.3. The van der Waals surface area contributed by atoms with Crippen LogP contribution in [-0.2, 0) is 0 Å². The summed E-state index contributed by atoms with van der Waals surface area (Å²) in [4.78, 5) is 25.7. The van der Waals surface area contributed by atoms with Crippen molar-refractivity contribution in [2.75, 3.05) is 36.4 Å². The van der Waals surface area contributed by atoms with Crippen molar-refractivity contribution in [2.24, 2.45) is 5.73 Å². The SMILES string of the molecule is NC(=O)c1cn(-c2nc(Nc3cccc(N4CCN(C5CCCCC5)CC4)c3)ncc2F)c2ccccc12. The second-order valence-electron chi connectivity index (χ2n) is 10.1. The minimum absolute atomic E-state index is 0.0428. The Labute approximate surface area is 221 Å². The summed E-state index contributed by atoms with van der Waals surface area (Å²) in [6.45, 7) is 4.18. The van der Waals surface area contributed by atoms with Gasteiger partial charge in [-0.2, -0.15) is 4.98 Å². The van der Waals surface area contributed by atoms with Crippen molar-refractivity contribution in [1.82, 2.24) is 19.4 Å². The van der Waals surface area contributed by atoms with E-state index < -0.39 is 11.7 Å². The molecule has 2 aromatic heterocycles. The lowest BCUT2D eigenvalue weighted by Crippen LogP contribution is -2.50. The van der Waals surface area contributed by atoms with Gasteiger partial charge in [-0.05, 0) is 37.1 Å². The van der Waals surface area contributed by atoms with E-state index in [1.165, 1.54) is 38.3 Å². The predicted molar refractivity (Wildman–Crippen MR) is 148 cm³/mol. The number of carbonyl (C=O) groups excluding carboxylic acids is 1. The lowest BCUT2D eigenvalue weighted by Gasteiger charge is -2.41. The molecule has 2 fully saturated rings. The van der Waals surface area contributed by atoms with Gasteiger partial charge < -0.3 is 16.0 Å². The number of primary amides is 1. The van der Waals surface area contributed by atoms with Crippen LogP contribution >= 0.6 is 0 Å². The predicted octanol–water partition coefficient (Wildman–Crippen LogP) is 4.86. The standard InChI is InChI=1S/C29H32FN7O/c30-25-18-32-29(34-28(25)37-19-24(27(31)38)23-11-4-5-12-26(23)37)33-20-7-6-10-22(17-20)36-15-13-35(14-16-36)21-8-2-1-3-9-21/h4-7,10-12,17-19,21H,1-3,8-9,13-16H2,(H2,31,38)(H,32,33,34). The number of rotatable bonds is 6. The summed E-state index contributed by atoms with van der Waals surface area (Å²) >= 11 is 0. The summed E-state index contributed by atoms with van der Waals surface area (Å²) in [5.41, 5.74) is 8.48. The third kappa shape index (κ3) is 4.81. The number of benzene rings is 2. The molecule has 0 unspecified atom stereocenters. The molecule has 196 valence electrons. The largest absolute Gasteiger partial charge is 0.369 e. The van der Waals surface area contributed by atoms with E-state index in [0.29, 0.717) is 16.5 Å². The van der Waals surface area contributed by atoms with Gasteiger partial charge in [0.25, 0.3) is 5.91 Å². The van der Waals surface area contributed by atoms with Crippen LogP contribution in [0.4, 0.5) is 21.7 Å². The van der Waals surface area contributed by atoms with Gasteiger partial charge in [0.15, 0.2) is 11.6 Å². The summed E-state index contributed by atoms with van der Waals surface area (Å²) in [5, 5.41) is 3.87. The molecule has 1 amide bonds. The highest BCUT2D eigenvalue weighted by Gasteiger charge is 2.25. The highest BCUT2D eigenvalue weighted by Crippen LogP contribution is 2.28. The van der Waals surface area contributed by atoms with Gasteiger partial charge in [-0.1, -0.05) is 43.5 Å². The van der Waals surface area contributed by atoms with Crippen molar-refractivity contribution >= 4 is 34.1 Å². The van der Waals surface area contributed by atoms with Gasteiger partial charge in [0.05, 0.1) is 17.3 Å². The van der Waals surface area contributed by atoms with Gasteiger partial charge >= 0.3 is 0 Å². The van der Waals surface area contributed by atoms with E-state index in [9.17, 15) is 9.18 Å². The topological polar surface area (TPSA) is 92.3 Å². The number of aromatic nitrogens is 3. The first-order valence-electron chi connectivity index (χ1n) is 13.4. The molecule has 0 radical (unpaired) electrons. The normalized spacial score (nSPS) is 17.1. The first-order chi connectivity index (χ1) is 18.6. The number of anilines is 3. The first kappa shape index (κ1) is 24.4. The van der Waals surface area contributed by atoms with Crippen LogP contribution in [0, 0.1) is 5.82 Å². The fourth-order valence-electron chi connectivity index (χ4n) is 5.84. The molecule has 4 aromatic rings. The summed E-state index contributed by atoms with van der Waals surface area (Å²) in [6.07, 6.45) is 9.43. The monoisotopic (exact) mass is 513 g/mol. The van der Waals surface area contributed by atoms with Crippen molar-refractivity contribution in [3.63, 3.8) is 0 Å². The van der Waals surface area contributed by atoms with E-state index in [0.717, 1.165) is 49.8 Å².